The molecule has 124 valence electrons. The summed E-state index contributed by atoms with van der Waals surface area (Å²) in [6, 6.07) is 6.10. The van der Waals surface area contributed by atoms with E-state index in [-0.39, 0.29) is 16.2 Å². The minimum atomic E-state index is -3.31. The van der Waals surface area contributed by atoms with Crippen molar-refractivity contribution in [3.63, 3.8) is 0 Å². The lowest BCUT2D eigenvalue weighted by atomic mass is 9.93. The van der Waals surface area contributed by atoms with Crippen molar-refractivity contribution in [1.82, 2.24) is 4.90 Å². The first kappa shape index (κ1) is 18.6. The van der Waals surface area contributed by atoms with Gasteiger partial charge in [0.15, 0.2) is 9.84 Å². The van der Waals surface area contributed by atoms with Gasteiger partial charge in [0.25, 0.3) is 5.91 Å². The minimum absolute atomic E-state index is 0.144. The molecule has 0 bridgehead atoms. The van der Waals surface area contributed by atoms with E-state index in [2.05, 4.69) is 0 Å². The van der Waals surface area contributed by atoms with Crippen LogP contribution in [-0.4, -0.2) is 44.6 Å². The highest BCUT2D eigenvalue weighted by Crippen LogP contribution is 2.19. The van der Waals surface area contributed by atoms with Crippen molar-refractivity contribution in [2.24, 2.45) is 11.1 Å². The Bertz CT molecular complexity index is 619. The second-order valence-electron chi connectivity index (χ2n) is 6.65. The Morgan fingerprint density at radius 1 is 1.23 bits per heavy atom. The van der Waals surface area contributed by atoms with E-state index >= 15 is 0 Å². The molecular formula is C16H26N2O3S. The second-order valence-corrected chi connectivity index (χ2v) is 9.15. The van der Waals surface area contributed by atoms with E-state index in [4.69, 9.17) is 5.73 Å². The minimum Gasteiger partial charge on any atom is -0.341 e. The van der Waals surface area contributed by atoms with Crippen LogP contribution in [0.1, 0.15) is 38.1 Å². The van der Waals surface area contributed by atoms with Crippen LogP contribution in [0.3, 0.4) is 0 Å². The molecule has 0 saturated heterocycles. The number of nitrogens with zero attached hydrogens (tertiary/aromatic N) is 1. The van der Waals surface area contributed by atoms with Gasteiger partial charge in [-0.25, -0.2) is 8.42 Å². The molecule has 0 atom stereocenters. The Kier molecular flexibility index (Phi) is 5.76. The van der Waals surface area contributed by atoms with Crippen LogP contribution in [0.4, 0.5) is 0 Å². The van der Waals surface area contributed by atoms with E-state index in [0.717, 1.165) is 0 Å². The summed E-state index contributed by atoms with van der Waals surface area (Å²) in [6.07, 6.45) is 0. The average Bonchev–Trinajstić information content (AvgIpc) is 2.46. The van der Waals surface area contributed by atoms with Crippen LogP contribution in [0.5, 0.6) is 0 Å². The Balaban J connectivity index is 2.94. The normalized spacial score (nSPS) is 12.5. The summed E-state index contributed by atoms with van der Waals surface area (Å²) in [6.45, 7) is 8.28. The van der Waals surface area contributed by atoms with Gasteiger partial charge in [-0.2, -0.15) is 0 Å². The highest BCUT2D eigenvalue weighted by molar-refractivity contribution is 7.92. The lowest BCUT2D eigenvalue weighted by Gasteiger charge is -2.29. The van der Waals surface area contributed by atoms with Crippen LogP contribution in [0, 0.1) is 5.41 Å². The van der Waals surface area contributed by atoms with Crippen LogP contribution in [0.2, 0.25) is 0 Å². The van der Waals surface area contributed by atoms with E-state index in [0.29, 0.717) is 18.7 Å². The summed E-state index contributed by atoms with van der Waals surface area (Å²) in [7, 11) is -1.59. The zero-order valence-corrected chi connectivity index (χ0v) is 14.8. The van der Waals surface area contributed by atoms with Crippen molar-refractivity contribution >= 4 is 15.7 Å². The molecule has 0 aliphatic rings. The van der Waals surface area contributed by atoms with Crippen molar-refractivity contribution < 1.29 is 13.2 Å². The summed E-state index contributed by atoms with van der Waals surface area (Å²) in [5, 5.41) is -0.484. The Morgan fingerprint density at radius 3 is 2.14 bits per heavy atom. The predicted molar refractivity (Wildman–Crippen MR) is 88.6 cm³/mol. The predicted octanol–water partition coefficient (Wildman–Crippen LogP) is 1.93. The number of carbonyl (C=O) groups is 1. The van der Waals surface area contributed by atoms with Gasteiger partial charge in [0, 0.05) is 19.2 Å². The van der Waals surface area contributed by atoms with Crippen molar-refractivity contribution in [3.05, 3.63) is 29.8 Å². The van der Waals surface area contributed by atoms with E-state index < -0.39 is 15.1 Å². The van der Waals surface area contributed by atoms with Gasteiger partial charge >= 0.3 is 0 Å². The zero-order valence-electron chi connectivity index (χ0n) is 14.0. The number of amides is 1. The standard InChI is InChI=1S/C16H26N2O3S/c1-12(2)22(20,21)14-8-6-13(7-9-14)15(19)18(5)11-16(3,4)10-17/h6-9,12H,10-11,17H2,1-5H3. The third-order valence-electron chi connectivity index (χ3n) is 3.61. The van der Waals surface area contributed by atoms with Gasteiger partial charge in [0.05, 0.1) is 10.1 Å². The quantitative estimate of drug-likeness (QED) is 0.866. The highest BCUT2D eigenvalue weighted by atomic mass is 32.2. The van der Waals surface area contributed by atoms with Crippen LogP contribution < -0.4 is 5.73 Å². The molecule has 0 spiro atoms. The molecule has 0 fully saturated rings. The maximum Gasteiger partial charge on any atom is 0.253 e. The average molecular weight is 326 g/mol. The third kappa shape index (κ3) is 4.30. The fourth-order valence-electron chi connectivity index (χ4n) is 2.06. The molecule has 0 saturated carbocycles. The zero-order chi connectivity index (χ0) is 17.1. The summed E-state index contributed by atoms with van der Waals surface area (Å²) >= 11 is 0. The van der Waals surface area contributed by atoms with Gasteiger partial charge < -0.3 is 10.6 Å². The van der Waals surface area contributed by atoms with Gasteiger partial charge in [-0.3, -0.25) is 4.79 Å². The molecule has 22 heavy (non-hydrogen) atoms. The third-order valence-corrected chi connectivity index (χ3v) is 5.79. The van der Waals surface area contributed by atoms with Gasteiger partial charge in [-0.1, -0.05) is 13.8 Å². The smallest absolute Gasteiger partial charge is 0.253 e. The van der Waals surface area contributed by atoms with Gasteiger partial charge in [0.1, 0.15) is 0 Å². The Labute approximate surface area is 133 Å². The molecule has 1 amide bonds. The largest absolute Gasteiger partial charge is 0.341 e. The lowest BCUT2D eigenvalue weighted by molar-refractivity contribution is 0.0740. The van der Waals surface area contributed by atoms with Crippen molar-refractivity contribution in [3.8, 4) is 0 Å². The molecule has 0 aromatic heterocycles. The van der Waals surface area contributed by atoms with E-state index in [1.54, 1.807) is 37.9 Å². The first-order valence-corrected chi connectivity index (χ1v) is 8.85. The van der Waals surface area contributed by atoms with Crippen LogP contribution >= 0.6 is 0 Å². The molecule has 0 radical (unpaired) electrons. The number of sulfone groups is 1. The van der Waals surface area contributed by atoms with E-state index in [1.807, 2.05) is 13.8 Å². The second kappa shape index (κ2) is 6.79. The molecule has 0 aliphatic heterocycles. The maximum atomic E-state index is 12.4. The fraction of sp³-hybridized carbons (Fsp3) is 0.562. The molecule has 5 nitrogen and oxygen atoms in total. The summed E-state index contributed by atoms with van der Waals surface area (Å²) in [4.78, 5) is 14.2. The number of benzene rings is 1. The van der Waals surface area contributed by atoms with E-state index in [9.17, 15) is 13.2 Å². The Morgan fingerprint density at radius 2 is 1.73 bits per heavy atom. The number of hydrogen-bond acceptors (Lipinski definition) is 4. The number of nitrogens with two attached hydrogens (primary N) is 1. The van der Waals surface area contributed by atoms with Crippen LogP contribution in [-0.2, 0) is 9.84 Å². The molecule has 0 unspecified atom stereocenters. The Hall–Kier alpha value is -1.40. The van der Waals surface area contributed by atoms with Crippen molar-refractivity contribution in [1.29, 1.82) is 0 Å². The summed E-state index contributed by atoms with van der Waals surface area (Å²) < 4.78 is 24.1. The van der Waals surface area contributed by atoms with E-state index in [1.165, 1.54) is 12.1 Å². The van der Waals surface area contributed by atoms with Gasteiger partial charge in [-0.15, -0.1) is 0 Å². The molecule has 1 rings (SSSR count). The topological polar surface area (TPSA) is 80.5 Å². The highest BCUT2D eigenvalue weighted by Gasteiger charge is 2.23. The van der Waals surface area contributed by atoms with Crippen LogP contribution in [0.15, 0.2) is 29.2 Å². The first-order valence-electron chi connectivity index (χ1n) is 7.31. The maximum absolute atomic E-state index is 12.4. The van der Waals surface area contributed by atoms with Gasteiger partial charge in [0.2, 0.25) is 0 Å². The molecule has 0 aliphatic carbocycles. The number of carbonyl (C=O) groups excluding carboxylic acids is 1. The van der Waals surface area contributed by atoms with Crippen LogP contribution in [0.25, 0.3) is 0 Å². The fourth-order valence-corrected chi connectivity index (χ4v) is 3.12. The van der Waals surface area contributed by atoms with Crippen molar-refractivity contribution in [2.75, 3.05) is 20.1 Å². The lowest BCUT2D eigenvalue weighted by Crippen LogP contribution is -2.39. The molecule has 2 N–H and O–H groups in total. The number of hydrogen-bond donors (Lipinski definition) is 1. The molecular weight excluding hydrogens is 300 g/mol. The summed E-state index contributed by atoms with van der Waals surface area (Å²) in [5.41, 5.74) is 5.99. The molecule has 0 heterocycles. The molecule has 6 heteroatoms. The monoisotopic (exact) mass is 326 g/mol. The van der Waals surface area contributed by atoms with Gasteiger partial charge in [-0.05, 0) is 50.1 Å². The molecule has 1 aromatic carbocycles. The van der Waals surface area contributed by atoms with Crippen molar-refractivity contribution in [2.45, 2.75) is 37.8 Å². The molecule has 1 aromatic rings. The first-order chi connectivity index (χ1) is 10.0. The summed E-state index contributed by atoms with van der Waals surface area (Å²) in [5.74, 6) is -0.144. The number of rotatable bonds is 6. The SMILES string of the molecule is CC(C)S(=O)(=O)c1ccc(C(=O)N(C)CC(C)(C)CN)cc1.